The van der Waals surface area contributed by atoms with Gasteiger partial charge in [0.15, 0.2) is 0 Å². The van der Waals surface area contributed by atoms with Crippen molar-refractivity contribution in [3.05, 3.63) is 40.2 Å². The summed E-state index contributed by atoms with van der Waals surface area (Å²) < 4.78 is 13.0. The highest BCUT2D eigenvalue weighted by molar-refractivity contribution is 5.97. The fraction of sp³-hybridized carbons (Fsp3) is 0.609. The monoisotopic (exact) mass is 413 g/mol. The van der Waals surface area contributed by atoms with Crippen molar-refractivity contribution in [2.24, 2.45) is 5.41 Å². The van der Waals surface area contributed by atoms with E-state index in [2.05, 4.69) is 5.32 Å². The van der Waals surface area contributed by atoms with Gasteiger partial charge in [-0.3, -0.25) is 9.48 Å². The molecule has 1 fully saturated rings. The lowest BCUT2D eigenvalue weighted by molar-refractivity contribution is -0.139. The molecule has 30 heavy (non-hydrogen) atoms. The van der Waals surface area contributed by atoms with Gasteiger partial charge < -0.3 is 14.8 Å². The van der Waals surface area contributed by atoms with Gasteiger partial charge in [-0.15, -0.1) is 0 Å². The number of ether oxygens (including phenoxy) is 2. The van der Waals surface area contributed by atoms with Crippen LogP contribution in [0.4, 0.5) is 0 Å². The van der Waals surface area contributed by atoms with Crippen molar-refractivity contribution in [3.63, 3.8) is 0 Å². The number of hydrogen-bond acceptors (Lipinski definition) is 5. The molecule has 1 aliphatic carbocycles. The highest BCUT2D eigenvalue weighted by atomic mass is 16.5. The van der Waals surface area contributed by atoms with Crippen molar-refractivity contribution in [3.8, 4) is 0 Å². The predicted octanol–water partition coefficient (Wildman–Crippen LogP) is 2.74. The fourth-order valence-electron chi connectivity index (χ4n) is 4.63. The van der Waals surface area contributed by atoms with Crippen LogP contribution in [-0.2, 0) is 33.7 Å². The second-order valence-corrected chi connectivity index (χ2v) is 8.69. The summed E-state index contributed by atoms with van der Waals surface area (Å²) in [5.41, 5.74) is 4.54. The van der Waals surface area contributed by atoms with Crippen molar-refractivity contribution in [1.29, 1.82) is 0 Å². The summed E-state index contributed by atoms with van der Waals surface area (Å²) in [6.07, 6.45) is 8.57. The van der Waals surface area contributed by atoms with Gasteiger partial charge in [-0.1, -0.05) is 24.6 Å². The topological polar surface area (TPSA) is 82.5 Å². The van der Waals surface area contributed by atoms with Crippen LogP contribution < -0.4 is 5.32 Å². The third kappa shape index (κ3) is 4.21. The average Bonchev–Trinajstić information content (AvgIpc) is 3.30. The molecular weight excluding hydrogens is 382 g/mol. The molecule has 162 valence electrons. The van der Waals surface area contributed by atoms with Crippen LogP contribution in [0.25, 0.3) is 0 Å². The largest absolute Gasteiger partial charge is 0.462 e. The Morgan fingerprint density at radius 3 is 2.83 bits per heavy atom. The number of nitrogens with zero attached hydrogens (tertiary/aromatic N) is 2. The molecule has 7 heteroatoms. The van der Waals surface area contributed by atoms with Gasteiger partial charge in [0.2, 0.25) is 0 Å². The van der Waals surface area contributed by atoms with Gasteiger partial charge in [-0.2, -0.15) is 5.10 Å². The van der Waals surface area contributed by atoms with Gasteiger partial charge in [0, 0.05) is 44.7 Å². The lowest BCUT2D eigenvalue weighted by Gasteiger charge is -2.36. The Kier molecular flexibility index (Phi) is 6.09. The summed E-state index contributed by atoms with van der Waals surface area (Å²) in [4.78, 5) is 25.0. The Morgan fingerprint density at radius 2 is 2.13 bits per heavy atom. The fourth-order valence-corrected chi connectivity index (χ4v) is 4.63. The first-order valence-electron chi connectivity index (χ1n) is 11.0. The van der Waals surface area contributed by atoms with E-state index in [9.17, 15) is 9.59 Å². The molecule has 4 rings (SSSR count). The number of carbonyl (C=O) groups excluding carboxylic acids is 2. The van der Waals surface area contributed by atoms with E-state index in [1.165, 1.54) is 5.57 Å². The molecule has 3 heterocycles. The zero-order valence-electron chi connectivity index (χ0n) is 18.0. The van der Waals surface area contributed by atoms with Crippen LogP contribution in [-0.4, -0.2) is 48.0 Å². The van der Waals surface area contributed by atoms with Crippen LogP contribution in [0.1, 0.15) is 61.3 Å². The van der Waals surface area contributed by atoms with Crippen molar-refractivity contribution in [2.75, 3.05) is 26.4 Å². The van der Waals surface area contributed by atoms with Gasteiger partial charge in [0.05, 0.1) is 23.6 Å². The smallest absolute Gasteiger partial charge is 0.334 e. The van der Waals surface area contributed by atoms with Gasteiger partial charge in [0.1, 0.15) is 0 Å². The number of aromatic nitrogens is 2. The van der Waals surface area contributed by atoms with E-state index in [-0.39, 0.29) is 17.3 Å². The third-order valence-corrected chi connectivity index (χ3v) is 6.46. The number of allylic oxidation sites excluding steroid dienone is 3. The highest BCUT2D eigenvalue weighted by Crippen LogP contribution is 2.37. The predicted molar refractivity (Wildman–Crippen MR) is 112 cm³/mol. The normalized spacial score (nSPS) is 20.3. The average molecular weight is 414 g/mol. The first-order valence-corrected chi connectivity index (χ1v) is 11.0. The zero-order chi connectivity index (χ0) is 21.1. The number of amides is 1. The second-order valence-electron chi connectivity index (χ2n) is 8.69. The maximum absolute atomic E-state index is 12.8. The molecule has 1 spiro atoms. The number of carbonyl (C=O) groups is 2. The maximum atomic E-state index is 12.8. The molecule has 1 amide bonds. The number of rotatable bonds is 6. The van der Waals surface area contributed by atoms with E-state index in [4.69, 9.17) is 14.6 Å². The summed E-state index contributed by atoms with van der Waals surface area (Å²) in [5, 5.41) is 7.89. The summed E-state index contributed by atoms with van der Waals surface area (Å²) in [6, 6.07) is 0. The molecule has 3 aliphatic rings. The van der Waals surface area contributed by atoms with Gasteiger partial charge in [-0.25, -0.2) is 4.79 Å². The molecule has 1 aromatic rings. The number of nitrogens with one attached hydrogen (secondary N) is 1. The van der Waals surface area contributed by atoms with Crippen molar-refractivity contribution in [1.82, 2.24) is 15.1 Å². The maximum Gasteiger partial charge on any atom is 0.334 e. The lowest BCUT2D eigenvalue weighted by atomic mass is 9.76. The molecule has 0 unspecified atom stereocenters. The zero-order valence-corrected chi connectivity index (χ0v) is 18.0. The number of esters is 1. The summed E-state index contributed by atoms with van der Waals surface area (Å²) in [7, 11) is 0. The van der Waals surface area contributed by atoms with Crippen molar-refractivity contribution >= 4 is 11.9 Å². The van der Waals surface area contributed by atoms with Gasteiger partial charge in [0.25, 0.3) is 5.91 Å². The first kappa shape index (κ1) is 20.8. The quantitative estimate of drug-likeness (QED) is 0.573. The Bertz CT molecular complexity index is 891. The molecule has 0 atom stereocenters. The molecule has 2 aliphatic heterocycles. The van der Waals surface area contributed by atoms with Crippen LogP contribution in [0, 0.1) is 5.41 Å². The van der Waals surface area contributed by atoms with Crippen LogP contribution in [0.5, 0.6) is 0 Å². The minimum atomic E-state index is -0.239. The molecule has 0 bridgehead atoms. The van der Waals surface area contributed by atoms with E-state index in [0.29, 0.717) is 44.5 Å². The van der Waals surface area contributed by atoms with E-state index in [1.54, 1.807) is 0 Å². The Balaban J connectivity index is 1.44. The van der Waals surface area contributed by atoms with Crippen LogP contribution in [0.3, 0.4) is 0 Å². The van der Waals surface area contributed by atoms with E-state index >= 15 is 0 Å². The highest BCUT2D eigenvalue weighted by Gasteiger charge is 2.39. The Labute approximate surface area is 177 Å². The number of hydrogen-bond donors (Lipinski definition) is 1. The van der Waals surface area contributed by atoms with E-state index in [0.717, 1.165) is 49.4 Å². The Hall–Kier alpha value is -2.41. The standard InChI is InChI=1S/C23H31N3O4/c1-3-18-20-19(14-23(15-24-21(20)27)7-11-29-12-8-23)26(25-18)9-4-10-30-22(28)17-6-5-16(2)13-17/h5-6H,3-4,7-15H2,1-2H3,(H,24,27). The van der Waals surface area contributed by atoms with Crippen molar-refractivity contribution in [2.45, 2.75) is 58.9 Å². The first-order chi connectivity index (χ1) is 14.5. The molecule has 0 saturated carbocycles. The SMILES string of the molecule is CCc1nn(CCCOC(=O)C2=CC=C(C)C2)c2c1C(=O)NCC1(CCOCC1)C2. The molecule has 0 aromatic carbocycles. The van der Waals surface area contributed by atoms with Crippen LogP contribution >= 0.6 is 0 Å². The summed E-state index contributed by atoms with van der Waals surface area (Å²) in [6.45, 7) is 7.17. The summed E-state index contributed by atoms with van der Waals surface area (Å²) >= 11 is 0. The minimum Gasteiger partial charge on any atom is -0.462 e. The third-order valence-electron chi connectivity index (χ3n) is 6.46. The number of fused-ring (bicyclic) bond motifs is 1. The molecular formula is C23H31N3O4. The van der Waals surface area contributed by atoms with Crippen LogP contribution in [0.15, 0.2) is 23.3 Å². The summed E-state index contributed by atoms with van der Waals surface area (Å²) in [5.74, 6) is -0.254. The molecule has 1 saturated heterocycles. The minimum absolute atomic E-state index is 0.0149. The van der Waals surface area contributed by atoms with Gasteiger partial charge in [-0.05, 0) is 38.0 Å². The molecule has 0 radical (unpaired) electrons. The molecule has 7 nitrogen and oxygen atoms in total. The van der Waals surface area contributed by atoms with Crippen LogP contribution in [0.2, 0.25) is 0 Å². The lowest BCUT2D eigenvalue weighted by Crippen LogP contribution is -2.40. The molecule has 1 aromatic heterocycles. The van der Waals surface area contributed by atoms with Gasteiger partial charge >= 0.3 is 5.97 Å². The number of aryl methyl sites for hydroxylation is 2. The van der Waals surface area contributed by atoms with Crippen molar-refractivity contribution < 1.29 is 19.1 Å². The second kappa shape index (κ2) is 8.76. The van der Waals surface area contributed by atoms with E-state index in [1.807, 2.05) is 30.7 Å². The van der Waals surface area contributed by atoms with E-state index < -0.39 is 0 Å². The molecule has 1 N–H and O–H groups in total. The Morgan fingerprint density at radius 1 is 1.33 bits per heavy atom.